The molecule has 1 saturated heterocycles. The predicted octanol–water partition coefficient (Wildman–Crippen LogP) is 3.68. The number of rotatable bonds is 4. The second-order valence-corrected chi connectivity index (χ2v) is 7.15. The van der Waals surface area contributed by atoms with E-state index in [1.807, 2.05) is 36.9 Å². The van der Waals surface area contributed by atoms with E-state index in [-0.39, 0.29) is 23.9 Å². The third kappa shape index (κ3) is 3.64. The first-order valence-electron chi connectivity index (χ1n) is 9.15. The van der Waals surface area contributed by atoms with Crippen LogP contribution in [-0.4, -0.2) is 36.5 Å². The third-order valence-electron chi connectivity index (χ3n) is 5.38. The van der Waals surface area contributed by atoms with Crippen LogP contribution < -0.4 is 10.5 Å². The number of hydrogen-bond donors (Lipinski definition) is 1. The van der Waals surface area contributed by atoms with E-state index in [4.69, 9.17) is 10.5 Å². The zero-order valence-corrected chi connectivity index (χ0v) is 15.4. The molecule has 0 saturated carbocycles. The Morgan fingerprint density at radius 3 is 2.60 bits per heavy atom. The largest absolute Gasteiger partial charge is 0.497 e. The number of likely N-dealkylation sites (tertiary alicyclic amines) is 1. The lowest BCUT2D eigenvalue weighted by Gasteiger charge is -2.39. The van der Waals surface area contributed by atoms with E-state index in [9.17, 15) is 4.79 Å². The van der Waals surface area contributed by atoms with Crippen molar-refractivity contribution in [3.63, 3.8) is 0 Å². The Morgan fingerprint density at radius 2 is 1.88 bits per heavy atom. The average molecular weight is 340 g/mol. The lowest BCUT2D eigenvalue weighted by molar-refractivity contribution is -0.136. The highest BCUT2D eigenvalue weighted by Crippen LogP contribution is 2.28. The Morgan fingerprint density at radius 1 is 1.16 bits per heavy atom. The first kappa shape index (κ1) is 17.7. The monoisotopic (exact) mass is 340 g/mol. The number of hydrogen-bond acceptors (Lipinski definition) is 3. The summed E-state index contributed by atoms with van der Waals surface area (Å²) in [7, 11) is 1.67. The maximum absolute atomic E-state index is 13.1. The molecule has 134 valence electrons. The molecule has 3 atom stereocenters. The topological polar surface area (TPSA) is 55.6 Å². The van der Waals surface area contributed by atoms with Gasteiger partial charge in [-0.2, -0.15) is 0 Å². The molecule has 0 spiro atoms. The summed E-state index contributed by atoms with van der Waals surface area (Å²) >= 11 is 0. The van der Waals surface area contributed by atoms with E-state index in [1.165, 1.54) is 0 Å². The van der Waals surface area contributed by atoms with Gasteiger partial charge in [-0.15, -0.1) is 0 Å². The van der Waals surface area contributed by atoms with Crippen LogP contribution in [0.4, 0.5) is 0 Å². The highest BCUT2D eigenvalue weighted by molar-refractivity contribution is 5.88. The van der Waals surface area contributed by atoms with E-state index in [0.29, 0.717) is 0 Å². The van der Waals surface area contributed by atoms with Crippen LogP contribution in [0.2, 0.25) is 0 Å². The highest BCUT2D eigenvalue weighted by atomic mass is 16.5. The van der Waals surface area contributed by atoms with Gasteiger partial charge in [-0.25, -0.2) is 0 Å². The summed E-state index contributed by atoms with van der Waals surface area (Å²) < 4.78 is 5.28. The molecule has 1 aliphatic rings. The number of nitrogens with zero attached hydrogens (tertiary/aromatic N) is 1. The Hall–Kier alpha value is -2.07. The maximum atomic E-state index is 13.1. The number of fused-ring (bicyclic) bond motifs is 1. The second kappa shape index (κ2) is 7.44. The second-order valence-electron chi connectivity index (χ2n) is 7.15. The summed E-state index contributed by atoms with van der Waals surface area (Å²) in [5.41, 5.74) is 7.18. The Balaban J connectivity index is 1.85. The molecule has 1 amide bonds. The van der Waals surface area contributed by atoms with Crippen molar-refractivity contribution in [2.24, 2.45) is 5.73 Å². The molecule has 0 aromatic heterocycles. The minimum absolute atomic E-state index is 0.0144. The fourth-order valence-corrected chi connectivity index (χ4v) is 3.81. The van der Waals surface area contributed by atoms with E-state index in [0.717, 1.165) is 47.9 Å². The minimum Gasteiger partial charge on any atom is -0.497 e. The molecular formula is C21H28N2O2. The number of piperidine rings is 1. The van der Waals surface area contributed by atoms with Crippen LogP contribution in [0, 0.1) is 0 Å². The van der Waals surface area contributed by atoms with Crippen LogP contribution in [0.15, 0.2) is 36.4 Å². The molecule has 0 radical (unpaired) electrons. The summed E-state index contributed by atoms with van der Waals surface area (Å²) in [6.45, 7) is 4.82. The molecule has 3 rings (SSSR count). The average Bonchev–Trinajstić information content (AvgIpc) is 2.65. The van der Waals surface area contributed by atoms with Crippen molar-refractivity contribution in [3.8, 4) is 5.75 Å². The van der Waals surface area contributed by atoms with E-state index < -0.39 is 0 Å². The van der Waals surface area contributed by atoms with Crippen molar-refractivity contribution in [1.29, 1.82) is 0 Å². The van der Waals surface area contributed by atoms with Gasteiger partial charge < -0.3 is 15.4 Å². The van der Waals surface area contributed by atoms with E-state index >= 15 is 0 Å². The number of methoxy groups -OCH3 is 1. The van der Waals surface area contributed by atoms with Crippen LogP contribution in [0.1, 0.15) is 44.6 Å². The standard InChI is InChI=1S/C21H28N2O2/c1-14(21(24)23-11-5-4-6-20(23)15(2)22)16-7-8-18-13-19(25-3)10-9-17(18)12-16/h7-10,12-15,20H,4-6,11,22H2,1-3H3. The predicted molar refractivity (Wildman–Crippen MR) is 102 cm³/mol. The van der Waals surface area contributed by atoms with Gasteiger partial charge in [0.25, 0.3) is 0 Å². The summed E-state index contributed by atoms with van der Waals surface area (Å²) in [6, 6.07) is 12.4. The van der Waals surface area contributed by atoms with Crippen molar-refractivity contribution in [1.82, 2.24) is 4.90 Å². The van der Waals surface area contributed by atoms with Crippen LogP contribution >= 0.6 is 0 Å². The van der Waals surface area contributed by atoms with Gasteiger partial charge in [-0.1, -0.05) is 24.3 Å². The van der Waals surface area contributed by atoms with Gasteiger partial charge in [-0.05, 0) is 61.6 Å². The zero-order valence-electron chi connectivity index (χ0n) is 15.4. The van der Waals surface area contributed by atoms with Crippen LogP contribution in [0.25, 0.3) is 10.8 Å². The van der Waals surface area contributed by atoms with Gasteiger partial charge >= 0.3 is 0 Å². The quantitative estimate of drug-likeness (QED) is 0.924. The van der Waals surface area contributed by atoms with Crippen molar-refractivity contribution in [3.05, 3.63) is 42.0 Å². The summed E-state index contributed by atoms with van der Waals surface area (Å²) in [5.74, 6) is 0.873. The number of carbonyl (C=O) groups excluding carboxylic acids is 1. The molecule has 2 aromatic rings. The van der Waals surface area contributed by atoms with Gasteiger partial charge in [0.05, 0.1) is 13.0 Å². The van der Waals surface area contributed by atoms with Gasteiger partial charge in [-0.3, -0.25) is 4.79 Å². The number of amides is 1. The van der Waals surface area contributed by atoms with Crippen molar-refractivity contribution in [2.45, 2.75) is 51.1 Å². The molecule has 0 aliphatic carbocycles. The van der Waals surface area contributed by atoms with Gasteiger partial charge in [0.2, 0.25) is 5.91 Å². The first-order chi connectivity index (χ1) is 12.0. The molecular weight excluding hydrogens is 312 g/mol. The molecule has 2 aromatic carbocycles. The Bertz CT molecular complexity index is 757. The summed E-state index contributed by atoms with van der Waals surface area (Å²) in [5, 5.41) is 2.24. The summed E-state index contributed by atoms with van der Waals surface area (Å²) in [4.78, 5) is 15.1. The van der Waals surface area contributed by atoms with E-state index in [2.05, 4.69) is 18.2 Å². The maximum Gasteiger partial charge on any atom is 0.230 e. The molecule has 1 fully saturated rings. The lowest BCUT2D eigenvalue weighted by Crippen LogP contribution is -2.52. The SMILES string of the molecule is COc1ccc2cc(C(C)C(=O)N3CCCCC3C(C)N)ccc2c1. The Kier molecular flexibility index (Phi) is 5.28. The molecule has 3 unspecified atom stereocenters. The normalized spacial score (nSPS) is 20.3. The summed E-state index contributed by atoms with van der Waals surface area (Å²) in [6.07, 6.45) is 3.23. The number of benzene rings is 2. The molecule has 4 nitrogen and oxygen atoms in total. The van der Waals surface area contributed by atoms with Crippen molar-refractivity contribution in [2.75, 3.05) is 13.7 Å². The number of nitrogens with two attached hydrogens (primary N) is 1. The molecule has 1 heterocycles. The van der Waals surface area contributed by atoms with Gasteiger partial charge in [0.15, 0.2) is 0 Å². The van der Waals surface area contributed by atoms with Gasteiger partial charge in [0.1, 0.15) is 5.75 Å². The number of carbonyl (C=O) groups is 1. The lowest BCUT2D eigenvalue weighted by atomic mass is 9.92. The van der Waals surface area contributed by atoms with Crippen LogP contribution in [0.5, 0.6) is 5.75 Å². The molecule has 1 aliphatic heterocycles. The Labute approximate surface area is 149 Å². The smallest absolute Gasteiger partial charge is 0.230 e. The van der Waals surface area contributed by atoms with Crippen molar-refractivity contribution < 1.29 is 9.53 Å². The molecule has 0 bridgehead atoms. The fraction of sp³-hybridized carbons (Fsp3) is 0.476. The number of ether oxygens (including phenoxy) is 1. The molecule has 2 N–H and O–H groups in total. The van der Waals surface area contributed by atoms with Gasteiger partial charge in [0, 0.05) is 18.6 Å². The highest BCUT2D eigenvalue weighted by Gasteiger charge is 2.32. The third-order valence-corrected chi connectivity index (χ3v) is 5.38. The fourth-order valence-electron chi connectivity index (χ4n) is 3.81. The van der Waals surface area contributed by atoms with Crippen LogP contribution in [0.3, 0.4) is 0 Å². The molecule has 25 heavy (non-hydrogen) atoms. The van der Waals surface area contributed by atoms with Crippen LogP contribution in [-0.2, 0) is 4.79 Å². The minimum atomic E-state index is -0.161. The zero-order chi connectivity index (χ0) is 18.0. The first-order valence-corrected chi connectivity index (χ1v) is 9.15. The van der Waals surface area contributed by atoms with Crippen molar-refractivity contribution >= 4 is 16.7 Å². The molecule has 4 heteroatoms. The van der Waals surface area contributed by atoms with E-state index in [1.54, 1.807) is 7.11 Å².